The van der Waals surface area contributed by atoms with E-state index in [2.05, 4.69) is 29.6 Å². The predicted molar refractivity (Wildman–Crippen MR) is 133 cm³/mol. The zero-order valence-electron chi connectivity index (χ0n) is 21.6. The Labute approximate surface area is 208 Å². The first-order valence-corrected chi connectivity index (χ1v) is 12.6. The summed E-state index contributed by atoms with van der Waals surface area (Å²) < 4.78 is 11.2. The Hall–Kier alpha value is -2.81. The lowest BCUT2D eigenvalue weighted by Gasteiger charge is -2.39. The van der Waals surface area contributed by atoms with Crippen molar-refractivity contribution < 1.29 is 23.9 Å². The minimum Gasteiger partial charge on any atom is -0.490 e. The van der Waals surface area contributed by atoms with Crippen molar-refractivity contribution in [2.45, 2.75) is 78.0 Å². The summed E-state index contributed by atoms with van der Waals surface area (Å²) in [5, 5.41) is 0. The highest BCUT2D eigenvalue weighted by atomic mass is 16.6. The van der Waals surface area contributed by atoms with Crippen LogP contribution in [0.4, 0.5) is 4.79 Å². The van der Waals surface area contributed by atoms with E-state index in [1.807, 2.05) is 4.90 Å². The summed E-state index contributed by atoms with van der Waals surface area (Å²) in [7, 11) is 0. The molecule has 3 amide bonds. The van der Waals surface area contributed by atoms with Gasteiger partial charge in [0.25, 0.3) is 5.91 Å². The first-order valence-electron chi connectivity index (χ1n) is 12.6. The van der Waals surface area contributed by atoms with E-state index in [1.165, 1.54) is 0 Å². The highest BCUT2D eigenvalue weighted by molar-refractivity contribution is 5.95. The summed E-state index contributed by atoms with van der Waals surface area (Å²) in [6.45, 7) is 13.2. The van der Waals surface area contributed by atoms with Gasteiger partial charge >= 0.3 is 6.09 Å². The number of hydrazine groups is 1. The molecule has 2 fully saturated rings. The SMILES string of the molecule is CC(C)N1CCN(C(=O)C2CCC(Oc3ccc(C(=O)NNC(=O)OC(C)(C)C)cc3)CC2)CC1. The van der Waals surface area contributed by atoms with Crippen LogP contribution in [0.3, 0.4) is 0 Å². The van der Waals surface area contributed by atoms with Crippen molar-refractivity contribution in [3.63, 3.8) is 0 Å². The molecule has 9 heteroatoms. The number of rotatable bonds is 5. The molecule has 2 N–H and O–H groups in total. The van der Waals surface area contributed by atoms with Crippen molar-refractivity contribution in [1.29, 1.82) is 0 Å². The molecule has 1 saturated heterocycles. The van der Waals surface area contributed by atoms with Crippen molar-refractivity contribution >= 4 is 17.9 Å². The summed E-state index contributed by atoms with van der Waals surface area (Å²) in [5.41, 5.74) is 4.31. The summed E-state index contributed by atoms with van der Waals surface area (Å²) in [6.07, 6.45) is 2.69. The first-order chi connectivity index (χ1) is 16.5. The lowest BCUT2D eigenvalue weighted by molar-refractivity contribution is -0.139. The van der Waals surface area contributed by atoms with Crippen molar-refractivity contribution in [1.82, 2.24) is 20.7 Å². The molecule has 1 aromatic carbocycles. The fourth-order valence-electron chi connectivity index (χ4n) is 4.51. The van der Waals surface area contributed by atoms with Crippen molar-refractivity contribution in [3.05, 3.63) is 29.8 Å². The number of ether oxygens (including phenoxy) is 2. The zero-order valence-corrected chi connectivity index (χ0v) is 21.6. The van der Waals surface area contributed by atoms with Crippen LogP contribution in [0.25, 0.3) is 0 Å². The maximum Gasteiger partial charge on any atom is 0.426 e. The van der Waals surface area contributed by atoms with E-state index in [1.54, 1.807) is 45.0 Å². The van der Waals surface area contributed by atoms with Crippen LogP contribution in [0.15, 0.2) is 24.3 Å². The average Bonchev–Trinajstić information content (AvgIpc) is 2.82. The average molecular weight is 489 g/mol. The minimum absolute atomic E-state index is 0.0605. The summed E-state index contributed by atoms with van der Waals surface area (Å²) >= 11 is 0. The van der Waals surface area contributed by atoms with Crippen LogP contribution in [-0.4, -0.2) is 71.6 Å². The number of piperazine rings is 1. The Morgan fingerprint density at radius 2 is 1.51 bits per heavy atom. The van der Waals surface area contributed by atoms with Crippen molar-refractivity contribution in [2.75, 3.05) is 26.2 Å². The first kappa shape index (κ1) is 26.8. The van der Waals surface area contributed by atoms with E-state index in [9.17, 15) is 14.4 Å². The third-order valence-electron chi connectivity index (χ3n) is 6.48. The van der Waals surface area contributed by atoms with Gasteiger partial charge in [-0.05, 0) is 84.6 Å². The Kier molecular flexibility index (Phi) is 8.99. The molecule has 0 atom stereocenters. The second-order valence-corrected chi connectivity index (χ2v) is 10.7. The number of carbonyl (C=O) groups excluding carboxylic acids is 3. The number of nitrogens with zero attached hydrogens (tertiary/aromatic N) is 2. The lowest BCUT2D eigenvalue weighted by Crippen LogP contribution is -2.52. The minimum atomic E-state index is -0.724. The molecule has 35 heavy (non-hydrogen) atoms. The van der Waals surface area contributed by atoms with E-state index in [0.29, 0.717) is 23.3 Å². The molecule has 1 aliphatic carbocycles. The molecule has 0 bridgehead atoms. The van der Waals surface area contributed by atoms with Crippen molar-refractivity contribution in [2.24, 2.45) is 5.92 Å². The summed E-state index contributed by atoms with van der Waals surface area (Å²) in [4.78, 5) is 41.3. The fraction of sp³-hybridized carbons (Fsp3) is 0.654. The summed E-state index contributed by atoms with van der Waals surface area (Å²) in [5.74, 6) is 0.614. The van der Waals surface area contributed by atoms with E-state index in [4.69, 9.17) is 9.47 Å². The molecule has 9 nitrogen and oxygen atoms in total. The van der Waals surface area contributed by atoms with Gasteiger partial charge in [0.05, 0.1) is 6.10 Å². The molecule has 1 saturated carbocycles. The van der Waals surface area contributed by atoms with Gasteiger partial charge in [-0.25, -0.2) is 10.2 Å². The van der Waals surface area contributed by atoms with Gasteiger partial charge in [0.15, 0.2) is 0 Å². The maximum atomic E-state index is 13.0. The molecule has 3 rings (SSSR count). The second kappa shape index (κ2) is 11.7. The van der Waals surface area contributed by atoms with E-state index in [-0.39, 0.29) is 12.0 Å². The number of benzene rings is 1. The Morgan fingerprint density at radius 3 is 2.06 bits per heavy atom. The van der Waals surface area contributed by atoms with Crippen LogP contribution in [0, 0.1) is 5.92 Å². The van der Waals surface area contributed by atoms with Crippen molar-refractivity contribution in [3.8, 4) is 5.75 Å². The molecule has 1 aliphatic heterocycles. The van der Waals surface area contributed by atoms with E-state index >= 15 is 0 Å². The van der Waals surface area contributed by atoms with Gasteiger partial charge in [0, 0.05) is 43.7 Å². The molecule has 0 spiro atoms. The van der Waals surface area contributed by atoms with E-state index in [0.717, 1.165) is 51.9 Å². The molecule has 1 heterocycles. The fourth-order valence-corrected chi connectivity index (χ4v) is 4.51. The Morgan fingerprint density at radius 1 is 0.914 bits per heavy atom. The normalized spacial score (nSPS) is 21.4. The molecular formula is C26H40N4O5. The Balaban J connectivity index is 1.40. The van der Waals surface area contributed by atoms with Gasteiger partial charge in [-0.2, -0.15) is 0 Å². The largest absolute Gasteiger partial charge is 0.490 e. The topological polar surface area (TPSA) is 100 Å². The number of amides is 3. The van der Waals surface area contributed by atoms with E-state index < -0.39 is 17.6 Å². The number of nitrogens with one attached hydrogen (secondary N) is 2. The maximum absolute atomic E-state index is 13.0. The van der Waals surface area contributed by atoms with Crippen LogP contribution in [-0.2, 0) is 9.53 Å². The lowest BCUT2D eigenvalue weighted by atomic mass is 9.86. The van der Waals surface area contributed by atoms with Gasteiger partial charge in [-0.3, -0.25) is 19.9 Å². The van der Waals surface area contributed by atoms with Crippen LogP contribution >= 0.6 is 0 Å². The number of hydrogen-bond donors (Lipinski definition) is 2. The standard InChI is InChI=1S/C26H40N4O5/c1-18(2)29-14-16-30(17-15-29)24(32)20-8-12-22(13-9-20)34-21-10-6-19(7-11-21)23(31)27-28-25(33)35-26(3,4)5/h6-7,10-11,18,20,22H,8-9,12-17H2,1-5H3,(H,27,31)(H,28,33). The van der Waals surface area contributed by atoms with Gasteiger partial charge in [0.2, 0.25) is 5.91 Å². The molecular weight excluding hydrogens is 448 g/mol. The van der Waals surface area contributed by atoms with Crippen LogP contribution in [0.2, 0.25) is 0 Å². The van der Waals surface area contributed by atoms with Gasteiger partial charge in [-0.15, -0.1) is 0 Å². The zero-order chi connectivity index (χ0) is 25.6. The number of carbonyl (C=O) groups is 3. The smallest absolute Gasteiger partial charge is 0.426 e. The van der Waals surface area contributed by atoms with Gasteiger partial charge in [-0.1, -0.05) is 0 Å². The van der Waals surface area contributed by atoms with Gasteiger partial charge in [0.1, 0.15) is 11.4 Å². The van der Waals surface area contributed by atoms with Gasteiger partial charge < -0.3 is 14.4 Å². The third kappa shape index (κ3) is 8.13. The molecule has 0 unspecified atom stereocenters. The highest BCUT2D eigenvalue weighted by Crippen LogP contribution is 2.29. The second-order valence-electron chi connectivity index (χ2n) is 10.7. The number of hydrogen-bond acceptors (Lipinski definition) is 6. The quantitative estimate of drug-likeness (QED) is 0.617. The Bertz CT molecular complexity index is 865. The highest BCUT2D eigenvalue weighted by Gasteiger charge is 2.32. The molecule has 0 radical (unpaired) electrons. The van der Waals surface area contributed by atoms with Crippen LogP contribution < -0.4 is 15.6 Å². The third-order valence-corrected chi connectivity index (χ3v) is 6.48. The molecule has 2 aliphatic rings. The van der Waals surface area contributed by atoms with Crippen LogP contribution in [0.1, 0.15) is 70.7 Å². The summed E-state index contributed by atoms with van der Waals surface area (Å²) in [6, 6.07) is 7.31. The molecule has 0 aromatic heterocycles. The molecule has 194 valence electrons. The predicted octanol–water partition coefficient (Wildman–Crippen LogP) is 3.35. The monoisotopic (exact) mass is 488 g/mol. The molecule has 1 aromatic rings. The van der Waals surface area contributed by atoms with Crippen LogP contribution in [0.5, 0.6) is 5.75 Å².